The van der Waals surface area contributed by atoms with E-state index in [0.717, 1.165) is 0 Å². The SMILES string of the molecule is Cn1nccc1S(=O)(=O)Nc1cccc(Cl)c1O. The zero-order chi connectivity index (χ0) is 13.3. The molecule has 0 spiro atoms. The van der Waals surface area contributed by atoms with Gasteiger partial charge in [0, 0.05) is 7.05 Å². The van der Waals surface area contributed by atoms with E-state index < -0.39 is 10.0 Å². The Bertz CT molecular complexity index is 681. The monoisotopic (exact) mass is 287 g/mol. The van der Waals surface area contributed by atoms with Crippen LogP contribution in [0, 0.1) is 0 Å². The average Bonchev–Trinajstić information content (AvgIpc) is 2.72. The summed E-state index contributed by atoms with van der Waals surface area (Å²) in [5.41, 5.74) is 0.0173. The number of hydrogen-bond acceptors (Lipinski definition) is 4. The predicted octanol–water partition coefficient (Wildman–Crippen LogP) is 1.58. The van der Waals surface area contributed by atoms with E-state index in [1.165, 1.54) is 42.2 Å². The maximum Gasteiger partial charge on any atom is 0.279 e. The molecule has 1 aromatic carbocycles. The molecule has 0 aliphatic heterocycles. The summed E-state index contributed by atoms with van der Waals surface area (Å²) in [5.74, 6) is -0.315. The van der Waals surface area contributed by atoms with Crippen LogP contribution in [0.1, 0.15) is 0 Å². The number of hydrogen-bond donors (Lipinski definition) is 2. The molecule has 0 saturated carbocycles. The highest BCUT2D eigenvalue weighted by Crippen LogP contribution is 2.32. The Morgan fingerprint density at radius 1 is 1.39 bits per heavy atom. The van der Waals surface area contributed by atoms with Crippen molar-refractivity contribution in [2.45, 2.75) is 5.03 Å². The minimum atomic E-state index is -3.81. The quantitative estimate of drug-likeness (QED) is 0.840. The molecule has 0 saturated heterocycles. The standard InChI is InChI=1S/C10H10ClN3O3S/c1-14-9(5-6-12-14)18(16,17)13-8-4-2-3-7(11)10(8)15/h2-6,13,15H,1H3. The third kappa shape index (κ3) is 2.27. The van der Waals surface area contributed by atoms with Crippen molar-refractivity contribution in [1.82, 2.24) is 9.78 Å². The lowest BCUT2D eigenvalue weighted by atomic mass is 10.3. The van der Waals surface area contributed by atoms with Crippen molar-refractivity contribution in [2.75, 3.05) is 4.72 Å². The van der Waals surface area contributed by atoms with Crippen molar-refractivity contribution in [3.63, 3.8) is 0 Å². The van der Waals surface area contributed by atoms with E-state index in [0.29, 0.717) is 0 Å². The van der Waals surface area contributed by atoms with Crippen molar-refractivity contribution in [1.29, 1.82) is 0 Å². The number of benzene rings is 1. The molecule has 96 valence electrons. The second-order valence-corrected chi connectivity index (χ2v) is 5.57. The Labute approximate surface area is 109 Å². The second kappa shape index (κ2) is 4.51. The van der Waals surface area contributed by atoms with Gasteiger partial charge in [-0.2, -0.15) is 13.5 Å². The van der Waals surface area contributed by atoms with Gasteiger partial charge in [0.25, 0.3) is 10.0 Å². The maximum absolute atomic E-state index is 12.0. The van der Waals surface area contributed by atoms with Crippen LogP contribution < -0.4 is 4.72 Å². The number of phenolic OH excluding ortho intramolecular Hbond substituents is 1. The van der Waals surface area contributed by atoms with Gasteiger partial charge in [0.1, 0.15) is 0 Å². The fourth-order valence-corrected chi connectivity index (χ4v) is 2.79. The van der Waals surface area contributed by atoms with E-state index in [-0.39, 0.29) is 21.5 Å². The van der Waals surface area contributed by atoms with Gasteiger partial charge in [-0.05, 0) is 18.2 Å². The minimum Gasteiger partial charge on any atom is -0.504 e. The molecule has 0 fully saturated rings. The molecule has 2 aromatic rings. The van der Waals surface area contributed by atoms with Crippen molar-refractivity contribution < 1.29 is 13.5 Å². The minimum absolute atomic E-state index is 0.0122. The van der Waals surface area contributed by atoms with E-state index in [2.05, 4.69) is 9.82 Å². The zero-order valence-electron chi connectivity index (χ0n) is 9.33. The van der Waals surface area contributed by atoms with Gasteiger partial charge < -0.3 is 5.11 Å². The molecule has 1 heterocycles. The number of nitrogens with one attached hydrogen (secondary N) is 1. The van der Waals surface area contributed by atoms with E-state index in [4.69, 9.17) is 11.6 Å². The van der Waals surface area contributed by atoms with Crippen LogP contribution >= 0.6 is 11.6 Å². The lowest BCUT2D eigenvalue weighted by Crippen LogP contribution is -2.16. The summed E-state index contributed by atoms with van der Waals surface area (Å²) in [7, 11) is -2.30. The number of rotatable bonds is 3. The number of aryl methyl sites for hydroxylation is 1. The Kier molecular flexibility index (Phi) is 3.18. The number of anilines is 1. The number of aromatic nitrogens is 2. The first kappa shape index (κ1) is 12.7. The highest BCUT2D eigenvalue weighted by molar-refractivity contribution is 7.92. The van der Waals surface area contributed by atoms with E-state index >= 15 is 0 Å². The van der Waals surface area contributed by atoms with Gasteiger partial charge in [0.15, 0.2) is 10.8 Å². The third-order valence-electron chi connectivity index (χ3n) is 2.28. The topological polar surface area (TPSA) is 84.2 Å². The number of sulfonamides is 1. The first-order valence-corrected chi connectivity index (χ1v) is 6.76. The first-order valence-electron chi connectivity index (χ1n) is 4.90. The molecular weight excluding hydrogens is 278 g/mol. The van der Waals surface area contributed by atoms with Crippen molar-refractivity contribution in [3.05, 3.63) is 35.5 Å². The molecule has 0 aliphatic carbocycles. The summed E-state index contributed by atoms with van der Waals surface area (Å²) >= 11 is 5.70. The van der Waals surface area contributed by atoms with Gasteiger partial charge in [-0.3, -0.25) is 9.40 Å². The van der Waals surface area contributed by atoms with Gasteiger partial charge in [-0.15, -0.1) is 0 Å². The number of para-hydroxylation sites is 1. The molecule has 0 bridgehead atoms. The highest BCUT2D eigenvalue weighted by Gasteiger charge is 2.20. The fourth-order valence-electron chi connectivity index (χ4n) is 1.42. The maximum atomic E-state index is 12.0. The van der Waals surface area contributed by atoms with Crippen LogP contribution in [0.15, 0.2) is 35.5 Å². The number of nitrogens with zero attached hydrogens (tertiary/aromatic N) is 2. The highest BCUT2D eigenvalue weighted by atomic mass is 35.5. The second-order valence-electron chi connectivity index (χ2n) is 3.53. The smallest absolute Gasteiger partial charge is 0.279 e. The van der Waals surface area contributed by atoms with Gasteiger partial charge in [0.05, 0.1) is 16.9 Å². The average molecular weight is 288 g/mol. The Morgan fingerprint density at radius 3 is 2.72 bits per heavy atom. The summed E-state index contributed by atoms with van der Waals surface area (Å²) in [6, 6.07) is 5.75. The van der Waals surface area contributed by atoms with Crippen molar-refractivity contribution in [2.24, 2.45) is 7.05 Å². The molecule has 2 rings (SSSR count). The van der Waals surface area contributed by atoms with Crippen molar-refractivity contribution >= 4 is 27.3 Å². The van der Waals surface area contributed by atoms with Gasteiger partial charge in [-0.1, -0.05) is 17.7 Å². The number of aromatic hydroxyl groups is 1. The largest absolute Gasteiger partial charge is 0.504 e. The lowest BCUT2D eigenvalue weighted by Gasteiger charge is -2.10. The van der Waals surface area contributed by atoms with Gasteiger partial charge >= 0.3 is 0 Å². The predicted molar refractivity (Wildman–Crippen MR) is 67.1 cm³/mol. The molecule has 2 N–H and O–H groups in total. The summed E-state index contributed by atoms with van der Waals surface area (Å²) in [6.07, 6.45) is 1.37. The normalized spacial score (nSPS) is 11.4. The van der Waals surface area contributed by atoms with E-state index in [9.17, 15) is 13.5 Å². The van der Waals surface area contributed by atoms with Crippen LogP contribution in [0.4, 0.5) is 5.69 Å². The Morgan fingerprint density at radius 2 is 2.11 bits per heavy atom. The molecule has 0 unspecified atom stereocenters. The van der Waals surface area contributed by atoms with E-state index in [1.807, 2.05) is 0 Å². The molecule has 0 amide bonds. The van der Waals surface area contributed by atoms with Crippen LogP contribution in [0.3, 0.4) is 0 Å². The molecule has 0 aliphatic rings. The van der Waals surface area contributed by atoms with Crippen molar-refractivity contribution in [3.8, 4) is 5.75 Å². The molecule has 18 heavy (non-hydrogen) atoms. The van der Waals surface area contributed by atoms with Gasteiger partial charge in [-0.25, -0.2) is 0 Å². The third-order valence-corrected chi connectivity index (χ3v) is 4.03. The first-order chi connectivity index (χ1) is 8.42. The van der Waals surface area contributed by atoms with Crippen LogP contribution in [0.5, 0.6) is 5.75 Å². The van der Waals surface area contributed by atoms with Crippen LogP contribution in [0.25, 0.3) is 0 Å². The summed E-state index contributed by atoms with van der Waals surface area (Å²) in [6.45, 7) is 0. The molecular formula is C10H10ClN3O3S. The summed E-state index contributed by atoms with van der Waals surface area (Å²) in [5, 5.41) is 13.5. The Hall–Kier alpha value is -1.73. The zero-order valence-corrected chi connectivity index (χ0v) is 10.9. The van der Waals surface area contributed by atoms with E-state index in [1.54, 1.807) is 0 Å². The molecule has 0 radical (unpaired) electrons. The Balaban J connectivity index is 2.40. The molecule has 0 atom stereocenters. The van der Waals surface area contributed by atoms with Crippen LogP contribution in [-0.4, -0.2) is 23.3 Å². The molecule has 8 heteroatoms. The lowest BCUT2D eigenvalue weighted by molar-refractivity contribution is 0.478. The molecule has 1 aromatic heterocycles. The summed E-state index contributed by atoms with van der Waals surface area (Å²) < 4.78 is 27.5. The van der Waals surface area contributed by atoms with Crippen LogP contribution in [0.2, 0.25) is 5.02 Å². The number of phenols is 1. The molecule has 6 nitrogen and oxygen atoms in total. The number of halogens is 1. The fraction of sp³-hybridized carbons (Fsp3) is 0.100. The van der Waals surface area contributed by atoms with Crippen LogP contribution in [-0.2, 0) is 17.1 Å². The summed E-state index contributed by atoms with van der Waals surface area (Å²) in [4.78, 5) is 0. The van der Waals surface area contributed by atoms with Gasteiger partial charge in [0.2, 0.25) is 0 Å².